The molecule has 1 unspecified atom stereocenters. The summed E-state index contributed by atoms with van der Waals surface area (Å²) < 4.78 is 0. The number of nitrogens with one attached hydrogen (secondary N) is 2. The molecule has 1 aliphatic heterocycles. The summed E-state index contributed by atoms with van der Waals surface area (Å²) in [5, 5.41) is 7.00. The fourth-order valence-corrected chi connectivity index (χ4v) is 2.03. The Bertz CT molecular complexity index is 254. The Morgan fingerprint density at radius 2 is 2.47 bits per heavy atom. The van der Waals surface area contributed by atoms with Crippen LogP contribution in [0.25, 0.3) is 0 Å². The molecule has 1 saturated heterocycles. The monoisotopic (exact) mass is 230 g/mol. The van der Waals surface area contributed by atoms with Crippen LogP contribution in [0, 0.1) is 0 Å². The van der Waals surface area contributed by atoms with Crippen molar-refractivity contribution in [1.29, 1.82) is 0 Å². The van der Waals surface area contributed by atoms with E-state index in [9.17, 15) is 4.79 Å². The molecule has 1 rings (SSSR count). The molecule has 86 valence electrons. The van der Waals surface area contributed by atoms with Crippen LogP contribution in [0.1, 0.15) is 6.92 Å². The number of thioether (sulfide) groups is 1. The second-order valence-electron chi connectivity index (χ2n) is 3.67. The van der Waals surface area contributed by atoms with Crippen molar-refractivity contribution in [2.75, 3.05) is 32.9 Å². The van der Waals surface area contributed by atoms with Gasteiger partial charge in [-0.3, -0.25) is 4.99 Å². The standard InChI is InChI=1S/C9H18N4OS/c1-7-6-15-8(12-7)10-4-5-11-9(14)13(2)3/h7H,4-6H2,1-3H3,(H,10,12)(H,11,14). The van der Waals surface area contributed by atoms with Crippen molar-refractivity contribution < 1.29 is 4.79 Å². The second-order valence-corrected chi connectivity index (χ2v) is 4.68. The number of urea groups is 1. The highest BCUT2D eigenvalue weighted by atomic mass is 32.2. The lowest BCUT2D eigenvalue weighted by atomic mass is 10.4. The highest BCUT2D eigenvalue weighted by molar-refractivity contribution is 8.14. The van der Waals surface area contributed by atoms with Crippen LogP contribution in [-0.2, 0) is 0 Å². The van der Waals surface area contributed by atoms with E-state index in [0.29, 0.717) is 19.1 Å². The summed E-state index contributed by atoms with van der Waals surface area (Å²) in [4.78, 5) is 17.0. The Kier molecular flexibility index (Phi) is 4.74. The number of hydrogen-bond acceptors (Lipinski definition) is 3. The number of nitrogens with zero attached hydrogens (tertiary/aromatic N) is 2. The van der Waals surface area contributed by atoms with E-state index >= 15 is 0 Å². The van der Waals surface area contributed by atoms with E-state index in [1.165, 1.54) is 4.90 Å². The number of hydrogen-bond donors (Lipinski definition) is 2. The first-order valence-corrected chi connectivity index (χ1v) is 5.97. The first-order chi connectivity index (χ1) is 7.09. The van der Waals surface area contributed by atoms with Crippen LogP contribution in [-0.4, -0.2) is 55.1 Å². The van der Waals surface area contributed by atoms with Gasteiger partial charge < -0.3 is 15.5 Å². The van der Waals surface area contributed by atoms with E-state index in [-0.39, 0.29) is 6.03 Å². The molecule has 1 atom stereocenters. The Morgan fingerprint density at radius 3 is 3.00 bits per heavy atom. The van der Waals surface area contributed by atoms with Crippen molar-refractivity contribution in [3.05, 3.63) is 0 Å². The van der Waals surface area contributed by atoms with Gasteiger partial charge in [-0.25, -0.2) is 4.79 Å². The van der Waals surface area contributed by atoms with Gasteiger partial charge in [0.2, 0.25) is 0 Å². The third-order valence-corrected chi connectivity index (χ3v) is 3.08. The zero-order chi connectivity index (χ0) is 11.3. The molecule has 2 N–H and O–H groups in total. The average Bonchev–Trinajstić information content (AvgIpc) is 2.58. The number of aliphatic imine (C=N–C) groups is 1. The Balaban J connectivity index is 2.14. The van der Waals surface area contributed by atoms with E-state index in [2.05, 4.69) is 22.5 Å². The van der Waals surface area contributed by atoms with Crippen molar-refractivity contribution in [2.24, 2.45) is 4.99 Å². The third-order valence-electron chi connectivity index (χ3n) is 1.89. The minimum absolute atomic E-state index is 0.0735. The smallest absolute Gasteiger partial charge is 0.316 e. The highest BCUT2D eigenvalue weighted by Crippen LogP contribution is 2.12. The quantitative estimate of drug-likeness (QED) is 0.687. The molecule has 1 aliphatic rings. The fourth-order valence-electron chi connectivity index (χ4n) is 1.07. The molecule has 0 aromatic rings. The first kappa shape index (κ1) is 12.2. The van der Waals surface area contributed by atoms with Crippen LogP contribution >= 0.6 is 11.8 Å². The van der Waals surface area contributed by atoms with Gasteiger partial charge in [0.25, 0.3) is 0 Å². The molecule has 1 fully saturated rings. The fraction of sp³-hybridized carbons (Fsp3) is 0.778. The molecule has 6 heteroatoms. The van der Waals surface area contributed by atoms with Crippen LogP contribution in [0.4, 0.5) is 4.79 Å². The molecular weight excluding hydrogens is 212 g/mol. The van der Waals surface area contributed by atoms with E-state index in [4.69, 9.17) is 0 Å². The molecule has 0 bridgehead atoms. The minimum Gasteiger partial charge on any atom is -0.362 e. The Morgan fingerprint density at radius 1 is 1.73 bits per heavy atom. The molecule has 15 heavy (non-hydrogen) atoms. The zero-order valence-corrected chi connectivity index (χ0v) is 10.2. The number of carbonyl (C=O) groups excluding carboxylic acids is 1. The van der Waals surface area contributed by atoms with Crippen molar-refractivity contribution in [2.45, 2.75) is 13.0 Å². The van der Waals surface area contributed by atoms with Crippen molar-refractivity contribution in [3.63, 3.8) is 0 Å². The summed E-state index contributed by atoms with van der Waals surface area (Å²) in [6.45, 7) is 3.34. The lowest BCUT2D eigenvalue weighted by molar-refractivity contribution is 0.218. The molecule has 5 nitrogen and oxygen atoms in total. The Hall–Kier alpha value is -0.910. The molecule has 0 aromatic heterocycles. The molecule has 0 aromatic carbocycles. The maximum Gasteiger partial charge on any atom is 0.316 e. The van der Waals surface area contributed by atoms with Gasteiger partial charge in [-0.15, -0.1) is 0 Å². The summed E-state index contributed by atoms with van der Waals surface area (Å²) in [5.74, 6) is 1.07. The molecule has 0 aliphatic carbocycles. The van der Waals surface area contributed by atoms with Crippen molar-refractivity contribution in [1.82, 2.24) is 15.5 Å². The minimum atomic E-state index is -0.0735. The maximum atomic E-state index is 11.1. The number of amidine groups is 1. The van der Waals surface area contributed by atoms with Gasteiger partial charge in [-0.05, 0) is 6.92 Å². The van der Waals surface area contributed by atoms with Gasteiger partial charge in [0, 0.05) is 32.4 Å². The summed E-state index contributed by atoms with van der Waals surface area (Å²) in [6.07, 6.45) is 0. The lowest BCUT2D eigenvalue weighted by Gasteiger charge is -2.10. The van der Waals surface area contributed by atoms with Crippen LogP contribution in [0.5, 0.6) is 0 Å². The summed E-state index contributed by atoms with van der Waals surface area (Å²) in [6, 6.07) is 0.431. The lowest BCUT2D eigenvalue weighted by Crippen LogP contribution is -2.36. The van der Waals surface area contributed by atoms with Crippen LogP contribution in [0.3, 0.4) is 0 Å². The molecule has 0 spiro atoms. The van der Waals surface area contributed by atoms with Gasteiger partial charge in [0.1, 0.15) is 0 Å². The maximum absolute atomic E-state index is 11.1. The van der Waals surface area contributed by atoms with Crippen LogP contribution in [0.15, 0.2) is 4.99 Å². The van der Waals surface area contributed by atoms with Gasteiger partial charge in [0.15, 0.2) is 5.17 Å². The second kappa shape index (κ2) is 5.85. The van der Waals surface area contributed by atoms with E-state index in [1.807, 2.05) is 0 Å². The number of carbonyl (C=O) groups is 1. The largest absolute Gasteiger partial charge is 0.362 e. The molecule has 0 saturated carbocycles. The molecule has 1 heterocycles. The predicted molar refractivity (Wildman–Crippen MR) is 64.4 cm³/mol. The topological polar surface area (TPSA) is 56.7 Å². The number of rotatable bonds is 3. The normalized spacial score (nSPS) is 22.6. The van der Waals surface area contributed by atoms with Crippen molar-refractivity contribution >= 4 is 23.0 Å². The van der Waals surface area contributed by atoms with E-state index in [1.54, 1.807) is 25.9 Å². The molecule has 0 radical (unpaired) electrons. The molecular formula is C9H18N4OS. The third kappa shape index (κ3) is 4.42. The SMILES string of the molecule is CC1CSC(=NCCNC(=O)N(C)C)N1. The summed E-state index contributed by atoms with van der Waals surface area (Å²) in [7, 11) is 3.44. The van der Waals surface area contributed by atoms with Gasteiger partial charge in [-0.2, -0.15) is 0 Å². The average molecular weight is 230 g/mol. The zero-order valence-electron chi connectivity index (χ0n) is 9.41. The van der Waals surface area contributed by atoms with Crippen LogP contribution in [0.2, 0.25) is 0 Å². The highest BCUT2D eigenvalue weighted by Gasteiger charge is 2.14. The van der Waals surface area contributed by atoms with E-state index < -0.39 is 0 Å². The van der Waals surface area contributed by atoms with Gasteiger partial charge >= 0.3 is 6.03 Å². The summed E-state index contributed by atoms with van der Waals surface area (Å²) in [5.41, 5.74) is 0. The molecule has 2 amide bonds. The number of amides is 2. The van der Waals surface area contributed by atoms with E-state index in [0.717, 1.165) is 10.9 Å². The van der Waals surface area contributed by atoms with Gasteiger partial charge in [0.05, 0.1) is 6.54 Å². The first-order valence-electron chi connectivity index (χ1n) is 4.98. The van der Waals surface area contributed by atoms with Gasteiger partial charge in [-0.1, -0.05) is 11.8 Å². The van der Waals surface area contributed by atoms with Crippen molar-refractivity contribution in [3.8, 4) is 0 Å². The Labute approximate surface area is 94.7 Å². The predicted octanol–water partition coefficient (Wildman–Crippen LogP) is 0.338. The summed E-state index contributed by atoms with van der Waals surface area (Å²) >= 11 is 1.73. The van der Waals surface area contributed by atoms with Crippen LogP contribution < -0.4 is 10.6 Å².